The highest BCUT2D eigenvalue weighted by Crippen LogP contribution is 2.61. The Kier molecular flexibility index (Phi) is 30.2. The third-order valence-corrected chi connectivity index (χ3v) is 13.2. The number of benzene rings is 7. The van der Waals surface area contributed by atoms with Crippen molar-refractivity contribution in [3.63, 3.8) is 0 Å². The van der Waals surface area contributed by atoms with Gasteiger partial charge in [-0.3, -0.25) is 86.3 Å². The predicted octanol–water partition coefficient (Wildman–Crippen LogP) is 10.8. The minimum Gasteiger partial charge on any atom is -0.502 e. The van der Waals surface area contributed by atoms with Crippen molar-refractivity contribution in [3.8, 4) is 178 Å². The molecule has 0 aromatic heterocycles. The molecule has 0 amide bonds. The van der Waals surface area contributed by atoms with E-state index in [2.05, 4.69) is 0 Å². The van der Waals surface area contributed by atoms with Crippen molar-refractivity contribution in [2.24, 2.45) is 0 Å². The molecule has 43 nitrogen and oxygen atoms in total. The Balaban J connectivity index is 1.61. The van der Waals surface area contributed by atoms with E-state index in [9.17, 15) is 91.4 Å². The maximum Gasteiger partial charge on any atom is 0.308 e. The molecule has 0 bridgehead atoms. The van der Waals surface area contributed by atoms with E-state index < -0.39 is 286 Å². The van der Waals surface area contributed by atoms with Gasteiger partial charge in [-0.15, -0.1) is 0 Å². The van der Waals surface area contributed by atoms with Crippen molar-refractivity contribution in [1.82, 2.24) is 0 Å². The maximum atomic E-state index is 13.5. The topological polar surface area (TPSA) is 549 Å². The third kappa shape index (κ3) is 25.8. The van der Waals surface area contributed by atoms with Crippen LogP contribution in [0.2, 0.25) is 0 Å². The average molecular weight is 1690 g/mol. The van der Waals surface area contributed by atoms with Crippen LogP contribution in [0.25, 0.3) is 0 Å². The highest BCUT2D eigenvalue weighted by Gasteiger charge is 2.38. The van der Waals surface area contributed by atoms with Gasteiger partial charge in [-0.2, -0.15) is 0 Å². The van der Waals surface area contributed by atoms with E-state index in [1.165, 1.54) is 0 Å². The van der Waals surface area contributed by atoms with Gasteiger partial charge in [-0.1, -0.05) is 0 Å². The third-order valence-electron chi connectivity index (χ3n) is 13.2. The summed E-state index contributed by atoms with van der Waals surface area (Å²) in [4.78, 5) is 234. The van der Waals surface area contributed by atoms with Crippen molar-refractivity contribution in [3.05, 3.63) is 66.7 Å². The number of carbonyl (C=O) groups excluding carboxylic acids is 18. The van der Waals surface area contributed by atoms with Gasteiger partial charge in [0.05, 0.1) is 0 Å². The van der Waals surface area contributed by atoms with Gasteiger partial charge in [-0.25, -0.2) is 0 Å². The van der Waals surface area contributed by atoms with E-state index in [-0.39, 0.29) is 0 Å². The second-order valence-corrected chi connectivity index (χ2v) is 23.9. The quantitative estimate of drug-likeness (QED) is 0.0323. The Morgan fingerprint density at radius 3 is 0.479 bits per heavy atom. The van der Waals surface area contributed by atoms with Gasteiger partial charge in [0.25, 0.3) is 0 Å². The van der Waals surface area contributed by atoms with Crippen LogP contribution < -0.4 is 114 Å². The summed E-state index contributed by atoms with van der Waals surface area (Å²) in [6.07, 6.45) is 0. The first kappa shape index (κ1) is 91.8. The fourth-order valence-electron chi connectivity index (χ4n) is 9.82. The molecule has 0 unspecified atom stereocenters. The first-order chi connectivity index (χ1) is 56.6. The standard InChI is InChI=1S/C78H66O43/c1-30(79)98-48-21-54(101-33(4)82)67(55(22-48)102-34(5)83)119-64-28-61(108-40(11)89)71(111-43(14)92)77(114-46(17)95)74(64)117-50-25-58(105-37(8)86)69(59(26-50)106-38(9)87)121-65-29-62(109-41(12)90)72(112-44(15)93)78(115-47(18)96)75(65)118-51-23-56(103-35(6)84)68(57(24-51)104-36(7)85)120-63-27-60(107-39(10)88)70(110-42(13)91)76(113-45(16)94)73(63)116-49-19-52(99-31(2)80)66(97)53(20-49)100-32(3)81/h19-29,97H,1-18H3. The van der Waals surface area contributed by atoms with E-state index in [4.69, 9.17) is 114 Å². The molecule has 7 aromatic carbocycles. The molecular weight excluding hydrogens is 1620 g/mol. The molecule has 7 aromatic rings. The number of carbonyl (C=O) groups is 18. The molecule has 43 heteroatoms. The van der Waals surface area contributed by atoms with E-state index in [1.54, 1.807) is 0 Å². The zero-order chi connectivity index (χ0) is 90.0. The Hall–Kier alpha value is -16.4. The normalized spacial score (nSPS) is 10.4. The molecule has 0 aliphatic rings. The van der Waals surface area contributed by atoms with Crippen LogP contribution in [0, 0.1) is 0 Å². The lowest BCUT2D eigenvalue weighted by Crippen LogP contribution is -2.13. The fourth-order valence-corrected chi connectivity index (χ4v) is 9.82. The number of phenols is 1. The van der Waals surface area contributed by atoms with E-state index in [0.29, 0.717) is 12.1 Å². The average Bonchev–Trinajstić information content (AvgIpc) is 0.765. The second-order valence-electron chi connectivity index (χ2n) is 23.9. The summed E-state index contributed by atoms with van der Waals surface area (Å²) in [5.41, 5.74) is 0. The Bertz CT molecular complexity index is 5370. The van der Waals surface area contributed by atoms with Crippen LogP contribution >= 0.6 is 0 Å². The lowest BCUT2D eigenvalue weighted by Gasteiger charge is -2.23. The van der Waals surface area contributed by atoms with Gasteiger partial charge in [0.1, 0.15) is 23.0 Å². The zero-order valence-corrected chi connectivity index (χ0v) is 66.4. The summed E-state index contributed by atoms with van der Waals surface area (Å²) < 4.78 is 136. The molecule has 0 heterocycles. The van der Waals surface area contributed by atoms with Crippen molar-refractivity contribution in [2.75, 3.05) is 0 Å². The molecule has 0 radical (unpaired) electrons. The fraction of sp³-hybridized carbons (Fsp3) is 0.231. The molecular formula is C78H66O43. The molecule has 0 atom stereocenters. The number of hydrogen-bond donors (Lipinski definition) is 1. The van der Waals surface area contributed by atoms with Gasteiger partial charge in [0, 0.05) is 191 Å². The number of hydrogen-bond acceptors (Lipinski definition) is 43. The summed E-state index contributed by atoms with van der Waals surface area (Å²) in [5, 5.41) is 11.0. The summed E-state index contributed by atoms with van der Waals surface area (Å²) in [6, 6.07) is 8.43. The minimum absolute atomic E-state index is 0.433. The minimum atomic E-state index is -1.33. The molecule has 0 saturated heterocycles. The van der Waals surface area contributed by atoms with Crippen molar-refractivity contribution in [2.45, 2.75) is 125 Å². The van der Waals surface area contributed by atoms with Crippen LogP contribution in [0.3, 0.4) is 0 Å². The van der Waals surface area contributed by atoms with Crippen LogP contribution in [-0.2, 0) is 86.3 Å². The van der Waals surface area contributed by atoms with Gasteiger partial charge in [-0.05, 0) is 0 Å². The maximum absolute atomic E-state index is 13.5. The van der Waals surface area contributed by atoms with E-state index >= 15 is 0 Å². The van der Waals surface area contributed by atoms with Gasteiger partial charge in [0.15, 0.2) is 80.5 Å². The first-order valence-corrected chi connectivity index (χ1v) is 34.0. The monoisotopic (exact) mass is 1690 g/mol. The Labute approximate surface area is 679 Å². The van der Waals surface area contributed by atoms with Gasteiger partial charge in [0.2, 0.25) is 74.7 Å². The van der Waals surface area contributed by atoms with Gasteiger partial charge >= 0.3 is 107 Å². The Morgan fingerprint density at radius 2 is 0.298 bits per heavy atom. The molecule has 0 aliphatic carbocycles. The summed E-state index contributed by atoms with van der Waals surface area (Å²) in [7, 11) is 0. The number of phenolic OH excluding ortho intramolecular Hbond substituents is 1. The molecule has 0 saturated carbocycles. The van der Waals surface area contributed by atoms with E-state index in [1.807, 2.05) is 0 Å². The van der Waals surface area contributed by atoms with Crippen molar-refractivity contribution >= 4 is 107 Å². The zero-order valence-electron chi connectivity index (χ0n) is 66.4. The highest BCUT2D eigenvalue weighted by atomic mass is 16.7. The molecule has 7 rings (SSSR count). The second kappa shape index (κ2) is 39.8. The molecule has 0 fully saturated rings. The highest BCUT2D eigenvalue weighted by molar-refractivity contribution is 5.88. The molecule has 1 N–H and O–H groups in total. The lowest BCUT2D eigenvalue weighted by atomic mass is 10.2. The smallest absolute Gasteiger partial charge is 0.308 e. The van der Waals surface area contributed by atoms with Crippen LogP contribution in [0.15, 0.2) is 66.7 Å². The number of aromatic hydroxyl groups is 1. The molecule has 636 valence electrons. The number of rotatable bonds is 30. The largest absolute Gasteiger partial charge is 0.502 e. The number of ether oxygens (including phenoxy) is 24. The van der Waals surface area contributed by atoms with Crippen molar-refractivity contribution < 1.29 is 205 Å². The first-order valence-electron chi connectivity index (χ1n) is 34.0. The summed E-state index contributed by atoms with van der Waals surface area (Å²) in [5.74, 6) is -49.0. The molecule has 0 spiro atoms. The Morgan fingerprint density at radius 1 is 0.149 bits per heavy atom. The van der Waals surface area contributed by atoms with Crippen molar-refractivity contribution in [1.29, 1.82) is 0 Å². The SMILES string of the molecule is CC(=O)Oc1cc(OC(C)=O)c(Oc2cc(OC(C)=O)c(OC(C)=O)c(OC(C)=O)c2Oc2cc(OC(C)=O)c(Oc3cc(OC(C)=O)c(OC(C)=O)c(OC(C)=O)c3Oc3cc(OC(C)=O)c(Oc4cc(OC(C)=O)c(OC(C)=O)c(OC(C)=O)c4Oc4cc(OC(C)=O)c(O)c(OC(C)=O)c4)c(OC(C)=O)c3)c(OC(C)=O)c2)c(OC(C)=O)c1. The lowest BCUT2D eigenvalue weighted by molar-refractivity contribution is -0.135. The van der Waals surface area contributed by atoms with Crippen LogP contribution in [-0.4, -0.2) is 113 Å². The molecule has 0 aliphatic heterocycles. The van der Waals surface area contributed by atoms with Crippen LogP contribution in [0.1, 0.15) is 125 Å². The number of esters is 18. The predicted molar refractivity (Wildman–Crippen MR) is 391 cm³/mol. The van der Waals surface area contributed by atoms with Crippen LogP contribution in [0.4, 0.5) is 0 Å². The van der Waals surface area contributed by atoms with Crippen LogP contribution in [0.5, 0.6) is 178 Å². The van der Waals surface area contributed by atoms with Gasteiger partial charge < -0.3 is 119 Å². The molecule has 121 heavy (non-hydrogen) atoms. The summed E-state index contributed by atoms with van der Waals surface area (Å²) in [6.45, 7) is 15.3. The van der Waals surface area contributed by atoms with E-state index in [0.717, 1.165) is 179 Å². The summed E-state index contributed by atoms with van der Waals surface area (Å²) >= 11 is 0.